The third kappa shape index (κ3) is 3.92. The summed E-state index contributed by atoms with van der Waals surface area (Å²) in [5.74, 6) is 1.35. The molecule has 1 aliphatic heterocycles. The first-order chi connectivity index (χ1) is 11.6. The van der Waals surface area contributed by atoms with Crippen LogP contribution in [0.15, 0.2) is 44.3 Å². The summed E-state index contributed by atoms with van der Waals surface area (Å²) in [6, 6.07) is 7.85. The Morgan fingerprint density at radius 1 is 1.29 bits per heavy atom. The van der Waals surface area contributed by atoms with Gasteiger partial charge in [0.25, 0.3) is 5.69 Å². The molecule has 0 amide bonds. The summed E-state index contributed by atoms with van der Waals surface area (Å²) in [6.45, 7) is 2.92. The highest BCUT2D eigenvalue weighted by molar-refractivity contribution is 9.10. The van der Waals surface area contributed by atoms with Crippen LogP contribution in [0.3, 0.4) is 0 Å². The van der Waals surface area contributed by atoms with Crippen molar-refractivity contribution in [1.82, 2.24) is 0 Å². The Hall–Kier alpha value is -2.39. The number of benzene rings is 1. The predicted octanol–water partition coefficient (Wildman–Crippen LogP) is 3.23. The molecule has 2 heterocycles. The Balaban J connectivity index is 1.63. The molecule has 1 saturated heterocycles. The second-order valence-corrected chi connectivity index (χ2v) is 5.93. The number of hydrogen-bond acceptors (Lipinski definition) is 7. The maximum atomic E-state index is 10.6. The van der Waals surface area contributed by atoms with Gasteiger partial charge in [-0.25, -0.2) is 0 Å². The average Bonchev–Trinajstić information content (AvgIpc) is 2.97. The van der Waals surface area contributed by atoms with E-state index < -0.39 is 4.92 Å². The maximum Gasteiger partial charge on any atom is 0.269 e. The standard InChI is InChI=1S/C15H15BrN4O4/c16-14-9-13(24-15(14)19-5-7-23-8-6-19)10-17-18-11-1-3-12(4-2-11)20(21)22/h1-4,9-10,18H,5-8H2/b17-10-. The highest BCUT2D eigenvalue weighted by atomic mass is 79.9. The van der Waals surface area contributed by atoms with Gasteiger partial charge in [0.1, 0.15) is 0 Å². The molecule has 9 heteroatoms. The topological polar surface area (TPSA) is 93.1 Å². The van der Waals surface area contributed by atoms with E-state index in [1.807, 2.05) is 6.07 Å². The monoisotopic (exact) mass is 394 g/mol. The van der Waals surface area contributed by atoms with Gasteiger partial charge >= 0.3 is 0 Å². The van der Waals surface area contributed by atoms with Gasteiger partial charge in [-0.05, 0) is 28.1 Å². The van der Waals surface area contributed by atoms with Crippen molar-refractivity contribution in [2.45, 2.75) is 0 Å². The van der Waals surface area contributed by atoms with E-state index in [1.165, 1.54) is 12.1 Å². The number of ether oxygens (including phenoxy) is 1. The third-order valence-corrected chi connectivity index (χ3v) is 4.02. The molecular weight excluding hydrogens is 380 g/mol. The van der Waals surface area contributed by atoms with Crippen LogP contribution in [0.2, 0.25) is 0 Å². The van der Waals surface area contributed by atoms with Crippen molar-refractivity contribution in [2.75, 3.05) is 36.6 Å². The molecule has 8 nitrogen and oxygen atoms in total. The number of non-ortho nitro benzene ring substituents is 1. The van der Waals surface area contributed by atoms with E-state index in [4.69, 9.17) is 9.15 Å². The molecule has 1 fully saturated rings. The Bertz CT molecular complexity index is 738. The minimum atomic E-state index is -0.444. The molecule has 0 aliphatic carbocycles. The van der Waals surface area contributed by atoms with Crippen molar-refractivity contribution in [1.29, 1.82) is 0 Å². The van der Waals surface area contributed by atoms with Crippen LogP contribution in [0.5, 0.6) is 0 Å². The number of anilines is 2. The van der Waals surface area contributed by atoms with Gasteiger partial charge < -0.3 is 14.1 Å². The van der Waals surface area contributed by atoms with Crippen LogP contribution in [0.1, 0.15) is 5.76 Å². The zero-order valence-electron chi connectivity index (χ0n) is 12.6. The zero-order chi connectivity index (χ0) is 16.9. The summed E-state index contributed by atoms with van der Waals surface area (Å²) in [4.78, 5) is 12.3. The lowest BCUT2D eigenvalue weighted by Gasteiger charge is -2.26. The molecule has 1 N–H and O–H groups in total. The van der Waals surface area contributed by atoms with Crippen LogP contribution in [0, 0.1) is 10.1 Å². The van der Waals surface area contributed by atoms with E-state index in [-0.39, 0.29) is 5.69 Å². The fourth-order valence-corrected chi connectivity index (χ4v) is 2.81. The lowest BCUT2D eigenvalue weighted by Crippen LogP contribution is -2.36. The molecule has 126 valence electrons. The van der Waals surface area contributed by atoms with Gasteiger partial charge in [-0.1, -0.05) is 0 Å². The molecular formula is C15H15BrN4O4. The number of nitro groups is 1. The van der Waals surface area contributed by atoms with Crippen molar-refractivity contribution in [3.05, 3.63) is 50.7 Å². The lowest BCUT2D eigenvalue weighted by molar-refractivity contribution is -0.384. The summed E-state index contributed by atoms with van der Waals surface area (Å²) in [5, 5.41) is 14.7. The van der Waals surface area contributed by atoms with Crippen LogP contribution in [-0.2, 0) is 4.74 Å². The maximum absolute atomic E-state index is 10.6. The van der Waals surface area contributed by atoms with Gasteiger partial charge in [-0.15, -0.1) is 0 Å². The smallest absolute Gasteiger partial charge is 0.269 e. The van der Waals surface area contributed by atoms with Gasteiger partial charge in [0.15, 0.2) is 5.76 Å². The van der Waals surface area contributed by atoms with Crippen molar-refractivity contribution < 1.29 is 14.1 Å². The largest absolute Gasteiger partial charge is 0.438 e. The minimum absolute atomic E-state index is 0.0367. The number of halogens is 1. The van der Waals surface area contributed by atoms with E-state index >= 15 is 0 Å². The third-order valence-electron chi connectivity index (χ3n) is 3.45. The quantitative estimate of drug-likeness (QED) is 0.475. The SMILES string of the molecule is O=[N+]([O-])c1ccc(N/N=C\c2cc(Br)c(N3CCOCC3)o2)cc1. The molecule has 24 heavy (non-hydrogen) atoms. The number of nitro benzene ring substituents is 1. The Kier molecular flexibility index (Phi) is 5.11. The molecule has 1 aliphatic rings. The first kappa shape index (κ1) is 16.5. The lowest BCUT2D eigenvalue weighted by atomic mass is 10.3. The Morgan fingerprint density at radius 2 is 2.00 bits per heavy atom. The second kappa shape index (κ2) is 7.45. The van der Waals surface area contributed by atoms with E-state index in [0.717, 1.165) is 23.4 Å². The second-order valence-electron chi connectivity index (χ2n) is 5.08. The highest BCUT2D eigenvalue weighted by Gasteiger charge is 2.18. The van der Waals surface area contributed by atoms with Crippen molar-refractivity contribution in [2.24, 2.45) is 5.10 Å². The number of nitrogens with zero attached hydrogens (tertiary/aromatic N) is 3. The molecule has 2 aromatic rings. The minimum Gasteiger partial charge on any atom is -0.438 e. The van der Waals surface area contributed by atoms with Gasteiger partial charge in [-0.2, -0.15) is 5.10 Å². The van der Waals surface area contributed by atoms with Gasteiger partial charge in [0, 0.05) is 31.3 Å². The fraction of sp³-hybridized carbons (Fsp3) is 0.267. The van der Waals surface area contributed by atoms with Crippen LogP contribution < -0.4 is 10.3 Å². The molecule has 0 atom stereocenters. The summed E-state index contributed by atoms with van der Waals surface area (Å²) in [5.41, 5.74) is 3.49. The Labute approximate surface area is 146 Å². The van der Waals surface area contributed by atoms with E-state index in [0.29, 0.717) is 24.7 Å². The summed E-state index contributed by atoms with van der Waals surface area (Å²) < 4.78 is 12.0. The van der Waals surface area contributed by atoms with Gasteiger partial charge in [-0.3, -0.25) is 15.5 Å². The predicted molar refractivity (Wildman–Crippen MR) is 93.8 cm³/mol. The van der Waals surface area contributed by atoms with E-state index in [9.17, 15) is 10.1 Å². The molecule has 0 unspecified atom stereocenters. The highest BCUT2D eigenvalue weighted by Crippen LogP contribution is 2.30. The Morgan fingerprint density at radius 3 is 2.67 bits per heavy atom. The molecule has 0 radical (unpaired) electrons. The number of hydrazone groups is 1. The number of furan rings is 1. The summed E-state index contributed by atoms with van der Waals surface area (Å²) >= 11 is 3.49. The normalized spacial score (nSPS) is 15.0. The van der Waals surface area contributed by atoms with Crippen LogP contribution in [0.4, 0.5) is 17.3 Å². The van der Waals surface area contributed by atoms with Crippen LogP contribution in [-0.4, -0.2) is 37.4 Å². The number of morpholine rings is 1. The van der Waals surface area contributed by atoms with E-state index in [2.05, 4.69) is 31.4 Å². The van der Waals surface area contributed by atoms with Crippen molar-refractivity contribution in [3.8, 4) is 0 Å². The average molecular weight is 395 g/mol. The summed E-state index contributed by atoms with van der Waals surface area (Å²) in [6.07, 6.45) is 1.55. The molecule has 3 rings (SSSR count). The van der Waals surface area contributed by atoms with Gasteiger partial charge in [0.2, 0.25) is 5.88 Å². The number of rotatable bonds is 5. The first-order valence-corrected chi connectivity index (χ1v) is 8.08. The molecule has 0 spiro atoms. The van der Waals surface area contributed by atoms with Crippen molar-refractivity contribution >= 4 is 39.4 Å². The first-order valence-electron chi connectivity index (χ1n) is 7.29. The van der Waals surface area contributed by atoms with Gasteiger partial charge in [0.05, 0.1) is 34.5 Å². The molecule has 1 aromatic carbocycles. The summed E-state index contributed by atoms with van der Waals surface area (Å²) in [7, 11) is 0. The van der Waals surface area contributed by atoms with E-state index in [1.54, 1.807) is 18.3 Å². The van der Waals surface area contributed by atoms with Crippen LogP contribution >= 0.6 is 15.9 Å². The zero-order valence-corrected chi connectivity index (χ0v) is 14.2. The number of nitrogens with one attached hydrogen (secondary N) is 1. The molecule has 0 bridgehead atoms. The van der Waals surface area contributed by atoms with Crippen LogP contribution in [0.25, 0.3) is 0 Å². The van der Waals surface area contributed by atoms with Crippen molar-refractivity contribution in [3.63, 3.8) is 0 Å². The number of hydrogen-bond donors (Lipinski definition) is 1. The molecule has 0 saturated carbocycles. The molecule has 1 aromatic heterocycles. The fourth-order valence-electron chi connectivity index (χ4n) is 2.25.